The average molecular weight is 403 g/mol. The summed E-state index contributed by atoms with van der Waals surface area (Å²) < 4.78 is 6.19. The first kappa shape index (κ1) is 19.8. The summed E-state index contributed by atoms with van der Waals surface area (Å²) in [5.74, 6) is 0.847. The van der Waals surface area contributed by atoms with E-state index in [0.717, 1.165) is 28.3 Å². The molecule has 3 rings (SSSR count). The summed E-state index contributed by atoms with van der Waals surface area (Å²) >= 11 is 7.51. The highest BCUT2D eigenvalue weighted by molar-refractivity contribution is 7.99. The van der Waals surface area contributed by atoms with E-state index < -0.39 is 0 Å². The number of fused-ring (bicyclic) bond motifs is 1. The number of halogens is 1. The molecule has 2 aromatic heterocycles. The third kappa shape index (κ3) is 3.99. The Labute approximate surface area is 168 Å². The maximum Gasteiger partial charge on any atom is 0.196 e. The van der Waals surface area contributed by atoms with Crippen LogP contribution in [0.2, 0.25) is 5.15 Å². The lowest BCUT2D eigenvalue weighted by molar-refractivity contribution is 0.488. The molecule has 27 heavy (non-hydrogen) atoms. The number of hydrogen-bond acceptors (Lipinski definition) is 5. The molecule has 0 saturated carbocycles. The highest BCUT2D eigenvalue weighted by atomic mass is 35.5. The van der Waals surface area contributed by atoms with Gasteiger partial charge in [0.2, 0.25) is 0 Å². The molecule has 0 saturated heterocycles. The highest BCUT2D eigenvalue weighted by Crippen LogP contribution is 2.32. The number of hydrogen-bond donors (Lipinski definition) is 1. The number of pyridine rings is 1. The zero-order valence-electron chi connectivity index (χ0n) is 16.1. The minimum absolute atomic E-state index is 0.0358. The summed E-state index contributed by atoms with van der Waals surface area (Å²) in [6.45, 7) is 9.83. The van der Waals surface area contributed by atoms with Crippen LogP contribution in [0.4, 0.5) is 5.69 Å². The molecule has 0 aliphatic rings. The number of anilines is 1. The third-order valence-corrected chi connectivity index (χ3v) is 5.66. The molecule has 1 aromatic carbocycles. The monoisotopic (exact) mass is 402 g/mol. The maximum absolute atomic E-state index is 12.9. The average Bonchev–Trinajstić information content (AvgIpc) is 2.62. The fourth-order valence-corrected chi connectivity index (χ4v) is 4.04. The summed E-state index contributed by atoms with van der Waals surface area (Å²) in [5.41, 5.74) is 5.06. The molecule has 2 heterocycles. The van der Waals surface area contributed by atoms with Gasteiger partial charge >= 0.3 is 0 Å². The van der Waals surface area contributed by atoms with Gasteiger partial charge in [-0.1, -0.05) is 36.4 Å². The van der Waals surface area contributed by atoms with E-state index in [1.165, 1.54) is 0 Å². The summed E-state index contributed by atoms with van der Waals surface area (Å²) in [6, 6.07) is 7.58. The van der Waals surface area contributed by atoms with Crippen molar-refractivity contribution in [3.8, 4) is 0 Å². The van der Waals surface area contributed by atoms with Gasteiger partial charge in [-0.15, -0.1) is 0 Å². The van der Waals surface area contributed by atoms with Crippen LogP contribution in [-0.2, 0) is 0 Å². The molecule has 4 nitrogen and oxygen atoms in total. The van der Waals surface area contributed by atoms with Gasteiger partial charge in [-0.05, 0) is 57.2 Å². The van der Waals surface area contributed by atoms with Gasteiger partial charge in [0, 0.05) is 11.1 Å². The molecule has 142 valence electrons. The van der Waals surface area contributed by atoms with Crippen molar-refractivity contribution in [1.29, 1.82) is 0 Å². The van der Waals surface area contributed by atoms with Crippen LogP contribution in [0.3, 0.4) is 0 Å². The van der Waals surface area contributed by atoms with E-state index in [-0.39, 0.29) is 11.5 Å². The zero-order valence-corrected chi connectivity index (χ0v) is 17.7. The number of aromatic nitrogens is 1. The van der Waals surface area contributed by atoms with E-state index in [9.17, 15) is 4.79 Å². The normalized spacial score (nSPS) is 12.4. The number of thioether (sulfide) groups is 1. The summed E-state index contributed by atoms with van der Waals surface area (Å²) in [5, 5.41) is 5.25. The second-order valence-corrected chi connectivity index (χ2v) is 8.26. The van der Waals surface area contributed by atoms with Gasteiger partial charge in [-0.2, -0.15) is 0 Å². The molecule has 0 aliphatic heterocycles. The molecule has 1 N–H and O–H groups in total. The van der Waals surface area contributed by atoms with Gasteiger partial charge < -0.3 is 9.73 Å². The molecular weight excluding hydrogens is 380 g/mol. The smallest absolute Gasteiger partial charge is 0.196 e. The first-order chi connectivity index (χ1) is 12.8. The number of rotatable bonds is 5. The molecule has 0 bridgehead atoms. The topological polar surface area (TPSA) is 55.1 Å². The van der Waals surface area contributed by atoms with E-state index in [1.807, 2.05) is 39.8 Å². The van der Waals surface area contributed by atoms with Crippen molar-refractivity contribution in [1.82, 2.24) is 4.98 Å². The number of benzene rings is 1. The second kappa shape index (κ2) is 7.95. The molecular formula is C21H23ClN2O2S. The van der Waals surface area contributed by atoms with E-state index in [2.05, 4.69) is 23.3 Å². The van der Waals surface area contributed by atoms with Crippen molar-refractivity contribution < 1.29 is 4.42 Å². The lowest BCUT2D eigenvalue weighted by Gasteiger charge is -2.19. The Morgan fingerprint density at radius 1 is 1.26 bits per heavy atom. The number of nitrogens with zero attached hydrogens (tertiary/aromatic N) is 1. The van der Waals surface area contributed by atoms with E-state index in [1.54, 1.807) is 17.8 Å². The van der Waals surface area contributed by atoms with E-state index in [0.29, 0.717) is 26.8 Å². The number of nitrogens with one attached hydrogen (secondary N) is 1. The van der Waals surface area contributed by atoms with Crippen LogP contribution in [0, 0.1) is 20.8 Å². The van der Waals surface area contributed by atoms with Gasteiger partial charge in [0.15, 0.2) is 10.5 Å². The van der Waals surface area contributed by atoms with Crippen molar-refractivity contribution in [3.05, 3.63) is 62.0 Å². The molecule has 0 spiro atoms. The van der Waals surface area contributed by atoms with Crippen molar-refractivity contribution in [2.75, 3.05) is 11.1 Å². The minimum Gasteiger partial charge on any atom is -0.449 e. The van der Waals surface area contributed by atoms with E-state index >= 15 is 0 Å². The SMILES string of the molecule is CCSc1oc2c(C(C)Nc3ccc(Cl)nc3C)cc(C)cc2c(=O)c1C. The summed E-state index contributed by atoms with van der Waals surface area (Å²) in [4.78, 5) is 17.2. The van der Waals surface area contributed by atoms with Crippen molar-refractivity contribution in [3.63, 3.8) is 0 Å². The Bertz CT molecular complexity index is 1060. The molecule has 0 amide bonds. The van der Waals surface area contributed by atoms with Gasteiger partial charge in [0.05, 0.1) is 22.8 Å². The second-order valence-electron chi connectivity index (χ2n) is 6.64. The third-order valence-electron chi connectivity index (χ3n) is 4.51. The summed E-state index contributed by atoms with van der Waals surface area (Å²) in [7, 11) is 0. The minimum atomic E-state index is -0.0700. The van der Waals surface area contributed by atoms with Gasteiger partial charge in [0.1, 0.15) is 10.7 Å². The Balaban J connectivity index is 2.13. The van der Waals surface area contributed by atoms with Gasteiger partial charge in [-0.25, -0.2) is 4.98 Å². The molecule has 0 fully saturated rings. The van der Waals surface area contributed by atoms with Crippen LogP contribution in [0.1, 0.15) is 42.3 Å². The Kier molecular flexibility index (Phi) is 5.82. The van der Waals surface area contributed by atoms with Crippen LogP contribution in [0.25, 0.3) is 11.0 Å². The molecule has 0 aliphatic carbocycles. The number of aryl methyl sites for hydroxylation is 2. The highest BCUT2D eigenvalue weighted by Gasteiger charge is 2.18. The summed E-state index contributed by atoms with van der Waals surface area (Å²) in [6.07, 6.45) is 0. The Morgan fingerprint density at radius 3 is 2.67 bits per heavy atom. The largest absolute Gasteiger partial charge is 0.449 e. The van der Waals surface area contributed by atoms with E-state index in [4.69, 9.17) is 16.0 Å². The maximum atomic E-state index is 12.9. The Hall–Kier alpha value is -1.98. The first-order valence-corrected chi connectivity index (χ1v) is 10.3. The van der Waals surface area contributed by atoms with Crippen molar-refractivity contribution >= 4 is 40.0 Å². The van der Waals surface area contributed by atoms with Crippen molar-refractivity contribution in [2.45, 2.75) is 45.8 Å². The fraction of sp³-hybridized carbons (Fsp3) is 0.333. The van der Waals surface area contributed by atoms with Crippen LogP contribution in [0.15, 0.2) is 38.6 Å². The first-order valence-electron chi connectivity index (χ1n) is 8.92. The lowest BCUT2D eigenvalue weighted by Crippen LogP contribution is -2.13. The lowest BCUT2D eigenvalue weighted by atomic mass is 10.0. The van der Waals surface area contributed by atoms with Gasteiger partial charge in [-0.3, -0.25) is 4.79 Å². The predicted octanol–water partition coefficient (Wildman–Crippen LogP) is 6.05. The molecule has 1 unspecified atom stereocenters. The quantitative estimate of drug-likeness (QED) is 0.415. The molecule has 6 heteroatoms. The van der Waals surface area contributed by atoms with Crippen LogP contribution in [0.5, 0.6) is 0 Å². The molecule has 3 aromatic rings. The molecule has 0 radical (unpaired) electrons. The fourth-order valence-electron chi connectivity index (χ4n) is 3.13. The van der Waals surface area contributed by atoms with Crippen LogP contribution < -0.4 is 10.7 Å². The van der Waals surface area contributed by atoms with Crippen molar-refractivity contribution in [2.24, 2.45) is 0 Å². The van der Waals surface area contributed by atoms with Crippen LogP contribution in [-0.4, -0.2) is 10.7 Å². The zero-order chi connectivity index (χ0) is 19.7. The predicted molar refractivity (Wildman–Crippen MR) is 114 cm³/mol. The van der Waals surface area contributed by atoms with Crippen LogP contribution >= 0.6 is 23.4 Å². The molecule has 1 atom stereocenters. The van der Waals surface area contributed by atoms with Gasteiger partial charge in [0.25, 0.3) is 0 Å². The standard InChI is InChI=1S/C21H23ClN2O2S/c1-6-27-21-12(3)19(25)16-10-11(2)9-15(20(16)26-21)13(4)23-17-7-8-18(22)24-14(17)5/h7-10,13,23H,6H2,1-5H3. The Morgan fingerprint density at radius 2 is 2.00 bits per heavy atom.